The first-order valence-electron chi connectivity index (χ1n) is 5.86. The van der Waals surface area contributed by atoms with Crippen LogP contribution in [0.1, 0.15) is 31.7 Å². The number of Topliss-reactive ketones (excluding diaryl/α,β-unsaturated/α-hetero) is 1. The Morgan fingerprint density at radius 3 is 3.06 bits per heavy atom. The van der Waals surface area contributed by atoms with Crippen LogP contribution in [-0.2, 0) is 18.4 Å². The number of hydrogen-bond acceptors (Lipinski definition) is 3. The Morgan fingerprint density at radius 1 is 1.62 bits per heavy atom. The average Bonchev–Trinajstić information content (AvgIpc) is 2.77. The average molecular weight is 221 g/mol. The third kappa shape index (κ3) is 2.70. The van der Waals surface area contributed by atoms with Crippen molar-refractivity contribution >= 4 is 5.78 Å². The van der Waals surface area contributed by atoms with E-state index < -0.39 is 0 Å². The molecule has 1 atom stereocenters. The molecule has 4 heteroatoms. The van der Waals surface area contributed by atoms with E-state index >= 15 is 0 Å². The third-order valence-corrected chi connectivity index (χ3v) is 3.17. The molecule has 1 aromatic heterocycles. The lowest BCUT2D eigenvalue weighted by atomic mass is 10.1. The van der Waals surface area contributed by atoms with Gasteiger partial charge in [-0.15, -0.1) is 0 Å². The fourth-order valence-electron chi connectivity index (χ4n) is 2.45. The van der Waals surface area contributed by atoms with Crippen LogP contribution < -0.4 is 0 Å². The molecule has 1 unspecified atom stereocenters. The molecule has 1 aromatic rings. The zero-order valence-corrected chi connectivity index (χ0v) is 10.0. The summed E-state index contributed by atoms with van der Waals surface area (Å²) in [6.07, 6.45) is 7.00. The monoisotopic (exact) mass is 221 g/mol. The van der Waals surface area contributed by atoms with E-state index in [-0.39, 0.29) is 0 Å². The Balaban J connectivity index is 1.95. The number of carbonyl (C=O) groups is 1. The number of aryl methyl sites for hydroxylation is 1. The Hall–Kier alpha value is -1.16. The van der Waals surface area contributed by atoms with Crippen molar-refractivity contribution in [1.82, 2.24) is 14.7 Å². The van der Waals surface area contributed by atoms with Gasteiger partial charge in [-0.1, -0.05) is 0 Å². The summed E-state index contributed by atoms with van der Waals surface area (Å²) in [5.74, 6) is 0.295. The van der Waals surface area contributed by atoms with Gasteiger partial charge < -0.3 is 0 Å². The largest absolute Gasteiger partial charge is 0.300 e. The predicted octanol–water partition coefficient (Wildman–Crippen LogP) is 1.36. The third-order valence-electron chi connectivity index (χ3n) is 3.17. The van der Waals surface area contributed by atoms with E-state index in [2.05, 4.69) is 10.00 Å². The van der Waals surface area contributed by atoms with Gasteiger partial charge in [0.15, 0.2) is 0 Å². The van der Waals surface area contributed by atoms with E-state index in [9.17, 15) is 4.79 Å². The smallest absolute Gasteiger partial charge is 0.131 e. The molecule has 0 saturated carbocycles. The molecule has 0 amide bonds. The fourth-order valence-corrected chi connectivity index (χ4v) is 2.45. The van der Waals surface area contributed by atoms with Crippen LogP contribution in [0.3, 0.4) is 0 Å². The van der Waals surface area contributed by atoms with E-state index in [1.807, 2.05) is 24.1 Å². The Kier molecular flexibility index (Phi) is 3.39. The molecule has 88 valence electrons. The SMILES string of the molecule is CC(=O)CC1CCCN1Cc1cnn(C)c1. The Morgan fingerprint density at radius 2 is 2.44 bits per heavy atom. The molecule has 1 aliphatic rings. The molecule has 0 spiro atoms. The van der Waals surface area contributed by atoms with Crippen LogP contribution in [0.4, 0.5) is 0 Å². The normalized spacial score (nSPS) is 21.5. The van der Waals surface area contributed by atoms with E-state index in [0.717, 1.165) is 19.5 Å². The number of rotatable bonds is 4. The summed E-state index contributed by atoms with van der Waals surface area (Å²) in [7, 11) is 1.93. The van der Waals surface area contributed by atoms with Crippen LogP contribution in [0, 0.1) is 0 Å². The second-order valence-corrected chi connectivity index (χ2v) is 4.69. The van der Waals surface area contributed by atoms with Crippen molar-refractivity contribution in [3.05, 3.63) is 18.0 Å². The molecule has 1 saturated heterocycles. The van der Waals surface area contributed by atoms with Crippen LogP contribution in [-0.4, -0.2) is 33.1 Å². The summed E-state index contributed by atoms with van der Waals surface area (Å²) >= 11 is 0. The number of ketones is 1. The molecule has 0 N–H and O–H groups in total. The zero-order chi connectivity index (χ0) is 11.5. The second kappa shape index (κ2) is 4.78. The standard InChI is InChI=1S/C12H19N3O/c1-10(16)6-12-4-3-5-15(12)9-11-7-13-14(2)8-11/h7-8,12H,3-6,9H2,1-2H3. The first kappa shape index (κ1) is 11.3. The predicted molar refractivity (Wildman–Crippen MR) is 61.9 cm³/mol. The van der Waals surface area contributed by atoms with Gasteiger partial charge in [0.2, 0.25) is 0 Å². The molecular weight excluding hydrogens is 202 g/mol. The highest BCUT2D eigenvalue weighted by atomic mass is 16.1. The van der Waals surface area contributed by atoms with Gasteiger partial charge in [-0.3, -0.25) is 14.4 Å². The number of aromatic nitrogens is 2. The molecule has 0 aromatic carbocycles. The minimum absolute atomic E-state index is 0.295. The summed E-state index contributed by atoms with van der Waals surface area (Å²) in [4.78, 5) is 13.6. The van der Waals surface area contributed by atoms with Gasteiger partial charge in [0, 0.05) is 37.8 Å². The summed E-state index contributed by atoms with van der Waals surface area (Å²) in [6, 6.07) is 0.442. The van der Waals surface area contributed by atoms with Crippen molar-refractivity contribution in [3.8, 4) is 0 Å². The number of nitrogens with zero attached hydrogens (tertiary/aromatic N) is 3. The summed E-state index contributed by atoms with van der Waals surface area (Å²) < 4.78 is 1.82. The second-order valence-electron chi connectivity index (χ2n) is 4.69. The minimum Gasteiger partial charge on any atom is -0.300 e. The molecule has 4 nitrogen and oxygen atoms in total. The van der Waals surface area contributed by atoms with Crippen molar-refractivity contribution in [2.45, 2.75) is 38.8 Å². The fraction of sp³-hybridized carbons (Fsp3) is 0.667. The van der Waals surface area contributed by atoms with Gasteiger partial charge in [0.1, 0.15) is 5.78 Å². The van der Waals surface area contributed by atoms with Gasteiger partial charge in [0.25, 0.3) is 0 Å². The zero-order valence-electron chi connectivity index (χ0n) is 10.0. The van der Waals surface area contributed by atoms with Crippen LogP contribution >= 0.6 is 0 Å². The molecule has 0 bridgehead atoms. The summed E-state index contributed by atoms with van der Waals surface area (Å²) in [5.41, 5.74) is 1.23. The number of likely N-dealkylation sites (tertiary alicyclic amines) is 1. The lowest BCUT2D eigenvalue weighted by Crippen LogP contribution is -2.30. The quantitative estimate of drug-likeness (QED) is 0.770. The molecular formula is C12H19N3O. The Labute approximate surface area is 96.2 Å². The van der Waals surface area contributed by atoms with Crippen molar-refractivity contribution in [1.29, 1.82) is 0 Å². The minimum atomic E-state index is 0.295. The maximum atomic E-state index is 11.2. The first-order valence-corrected chi connectivity index (χ1v) is 5.86. The van der Waals surface area contributed by atoms with Crippen molar-refractivity contribution < 1.29 is 4.79 Å². The van der Waals surface area contributed by atoms with Gasteiger partial charge >= 0.3 is 0 Å². The molecule has 2 rings (SSSR count). The highest BCUT2D eigenvalue weighted by Gasteiger charge is 2.25. The van der Waals surface area contributed by atoms with Gasteiger partial charge in [-0.2, -0.15) is 5.10 Å². The molecule has 1 aliphatic heterocycles. The van der Waals surface area contributed by atoms with Crippen molar-refractivity contribution in [2.24, 2.45) is 7.05 Å². The maximum absolute atomic E-state index is 11.2. The first-order chi connectivity index (χ1) is 7.65. The molecule has 0 radical (unpaired) electrons. The van der Waals surface area contributed by atoms with Gasteiger partial charge in [-0.25, -0.2) is 0 Å². The number of carbonyl (C=O) groups excluding carboxylic acids is 1. The summed E-state index contributed by atoms with van der Waals surface area (Å²) in [6.45, 7) is 3.71. The summed E-state index contributed by atoms with van der Waals surface area (Å²) in [5, 5.41) is 4.17. The molecule has 0 aliphatic carbocycles. The van der Waals surface area contributed by atoms with Crippen LogP contribution in [0.25, 0.3) is 0 Å². The van der Waals surface area contributed by atoms with E-state index in [0.29, 0.717) is 18.2 Å². The van der Waals surface area contributed by atoms with Gasteiger partial charge in [-0.05, 0) is 26.3 Å². The Bertz CT molecular complexity index is 372. The van der Waals surface area contributed by atoms with Crippen molar-refractivity contribution in [2.75, 3.05) is 6.54 Å². The highest BCUT2D eigenvalue weighted by molar-refractivity contribution is 5.76. The topological polar surface area (TPSA) is 38.1 Å². The molecule has 1 fully saturated rings. The lowest BCUT2D eigenvalue weighted by molar-refractivity contribution is -0.118. The van der Waals surface area contributed by atoms with Crippen molar-refractivity contribution in [3.63, 3.8) is 0 Å². The van der Waals surface area contributed by atoms with E-state index in [1.165, 1.54) is 12.0 Å². The van der Waals surface area contributed by atoms with Crippen LogP contribution in [0.5, 0.6) is 0 Å². The van der Waals surface area contributed by atoms with Crippen LogP contribution in [0.15, 0.2) is 12.4 Å². The lowest BCUT2D eigenvalue weighted by Gasteiger charge is -2.22. The molecule has 16 heavy (non-hydrogen) atoms. The van der Waals surface area contributed by atoms with Crippen LogP contribution in [0.2, 0.25) is 0 Å². The molecule has 2 heterocycles. The van der Waals surface area contributed by atoms with E-state index in [4.69, 9.17) is 0 Å². The number of hydrogen-bond donors (Lipinski definition) is 0. The maximum Gasteiger partial charge on any atom is 0.131 e. The highest BCUT2D eigenvalue weighted by Crippen LogP contribution is 2.22. The van der Waals surface area contributed by atoms with Gasteiger partial charge in [0.05, 0.1) is 6.20 Å². The van der Waals surface area contributed by atoms with E-state index in [1.54, 1.807) is 6.92 Å².